The maximum Gasteiger partial charge on any atom is 0.387 e. The normalized spacial score (nSPS) is 15.7. The maximum absolute atomic E-state index is 11.9. The van der Waals surface area contributed by atoms with E-state index in [0.717, 1.165) is 24.6 Å². The standard InChI is InChI=1S/C14H19F2NO/c15-14(16)18-13-6-4-12(5-7-13)10-17-9-8-11-2-1-3-11/h4-7,11,14,17H,1-3,8-10H2. The number of halogens is 2. The summed E-state index contributed by atoms with van der Waals surface area (Å²) in [5, 5.41) is 3.37. The van der Waals surface area contributed by atoms with Gasteiger partial charge >= 0.3 is 6.61 Å². The van der Waals surface area contributed by atoms with Crippen molar-refractivity contribution in [3.8, 4) is 5.75 Å². The number of alkyl halides is 2. The summed E-state index contributed by atoms with van der Waals surface area (Å²) in [7, 11) is 0. The van der Waals surface area contributed by atoms with Gasteiger partial charge in [0.1, 0.15) is 5.75 Å². The largest absolute Gasteiger partial charge is 0.435 e. The van der Waals surface area contributed by atoms with Crippen molar-refractivity contribution >= 4 is 0 Å². The van der Waals surface area contributed by atoms with Crippen LogP contribution in [0.1, 0.15) is 31.2 Å². The highest BCUT2D eigenvalue weighted by atomic mass is 19.3. The van der Waals surface area contributed by atoms with Crippen LogP contribution >= 0.6 is 0 Å². The number of ether oxygens (including phenoxy) is 1. The fraction of sp³-hybridized carbons (Fsp3) is 0.571. The molecule has 100 valence electrons. The van der Waals surface area contributed by atoms with E-state index < -0.39 is 6.61 Å². The smallest absolute Gasteiger partial charge is 0.387 e. The molecule has 0 heterocycles. The van der Waals surface area contributed by atoms with Crippen molar-refractivity contribution in [1.29, 1.82) is 0 Å². The third kappa shape index (κ3) is 4.26. The first-order valence-corrected chi connectivity index (χ1v) is 6.48. The Morgan fingerprint density at radius 1 is 1.22 bits per heavy atom. The van der Waals surface area contributed by atoms with Crippen molar-refractivity contribution < 1.29 is 13.5 Å². The number of hydrogen-bond acceptors (Lipinski definition) is 2. The Labute approximate surface area is 106 Å². The molecule has 2 nitrogen and oxygen atoms in total. The molecule has 0 unspecified atom stereocenters. The van der Waals surface area contributed by atoms with Crippen molar-refractivity contribution in [2.45, 2.75) is 38.8 Å². The number of nitrogens with one attached hydrogen (secondary N) is 1. The Hall–Kier alpha value is -1.16. The van der Waals surface area contributed by atoms with Crippen molar-refractivity contribution in [3.63, 3.8) is 0 Å². The van der Waals surface area contributed by atoms with Gasteiger partial charge in [-0.05, 0) is 36.6 Å². The van der Waals surface area contributed by atoms with Crippen LogP contribution in [-0.4, -0.2) is 13.2 Å². The van der Waals surface area contributed by atoms with Gasteiger partial charge in [-0.2, -0.15) is 8.78 Å². The number of rotatable bonds is 7. The first-order chi connectivity index (χ1) is 8.74. The average Bonchev–Trinajstić information content (AvgIpc) is 2.28. The Bertz CT molecular complexity index is 349. The third-order valence-corrected chi connectivity index (χ3v) is 3.43. The summed E-state index contributed by atoms with van der Waals surface area (Å²) in [6, 6.07) is 6.78. The van der Waals surface area contributed by atoms with E-state index in [9.17, 15) is 8.78 Å². The zero-order chi connectivity index (χ0) is 12.8. The van der Waals surface area contributed by atoms with Gasteiger partial charge in [-0.1, -0.05) is 31.4 Å². The second kappa shape index (κ2) is 6.69. The van der Waals surface area contributed by atoms with E-state index in [1.54, 1.807) is 12.1 Å². The molecule has 0 aromatic heterocycles. The molecule has 1 aromatic rings. The maximum atomic E-state index is 11.9. The predicted molar refractivity (Wildman–Crippen MR) is 66.7 cm³/mol. The molecule has 1 aromatic carbocycles. The van der Waals surface area contributed by atoms with Gasteiger partial charge in [-0.15, -0.1) is 0 Å². The molecule has 1 N–H and O–H groups in total. The monoisotopic (exact) mass is 255 g/mol. The van der Waals surface area contributed by atoms with Crippen molar-refractivity contribution in [2.24, 2.45) is 5.92 Å². The highest BCUT2D eigenvalue weighted by Crippen LogP contribution is 2.28. The molecule has 1 fully saturated rings. The minimum absolute atomic E-state index is 0.211. The predicted octanol–water partition coefficient (Wildman–Crippen LogP) is 3.57. The second-order valence-corrected chi connectivity index (χ2v) is 4.78. The molecule has 0 radical (unpaired) electrons. The lowest BCUT2D eigenvalue weighted by molar-refractivity contribution is -0.0498. The lowest BCUT2D eigenvalue weighted by Crippen LogP contribution is -2.21. The van der Waals surface area contributed by atoms with Crippen LogP contribution in [0.4, 0.5) is 8.78 Å². The minimum Gasteiger partial charge on any atom is -0.435 e. The molecule has 0 atom stereocenters. The van der Waals surface area contributed by atoms with Crippen LogP contribution < -0.4 is 10.1 Å². The zero-order valence-corrected chi connectivity index (χ0v) is 10.4. The third-order valence-electron chi connectivity index (χ3n) is 3.43. The molecule has 0 saturated heterocycles. The summed E-state index contributed by atoms with van der Waals surface area (Å²) < 4.78 is 28.2. The Balaban J connectivity index is 1.65. The Morgan fingerprint density at radius 3 is 2.50 bits per heavy atom. The molecular formula is C14H19F2NO. The first-order valence-electron chi connectivity index (χ1n) is 6.48. The van der Waals surface area contributed by atoms with Crippen LogP contribution in [-0.2, 0) is 6.54 Å². The van der Waals surface area contributed by atoms with Crippen LogP contribution in [0.25, 0.3) is 0 Å². The molecule has 2 rings (SSSR count). The van der Waals surface area contributed by atoms with Gasteiger partial charge in [0, 0.05) is 6.54 Å². The molecule has 0 aliphatic heterocycles. The Morgan fingerprint density at radius 2 is 1.94 bits per heavy atom. The number of hydrogen-bond donors (Lipinski definition) is 1. The van der Waals surface area contributed by atoms with E-state index in [0.29, 0.717) is 0 Å². The lowest BCUT2D eigenvalue weighted by atomic mass is 9.83. The van der Waals surface area contributed by atoms with Gasteiger partial charge in [0.05, 0.1) is 0 Å². The summed E-state index contributed by atoms with van der Waals surface area (Å²) in [5.41, 5.74) is 1.09. The zero-order valence-electron chi connectivity index (χ0n) is 10.4. The molecule has 0 spiro atoms. The summed E-state index contributed by atoms with van der Waals surface area (Å²) in [6.45, 7) is -0.946. The molecule has 0 bridgehead atoms. The van der Waals surface area contributed by atoms with Gasteiger partial charge in [0.15, 0.2) is 0 Å². The lowest BCUT2D eigenvalue weighted by Gasteiger charge is -2.25. The van der Waals surface area contributed by atoms with Gasteiger partial charge in [0.2, 0.25) is 0 Å². The van der Waals surface area contributed by atoms with Crippen LogP contribution in [0.3, 0.4) is 0 Å². The van der Waals surface area contributed by atoms with Gasteiger partial charge in [-0.25, -0.2) is 0 Å². The average molecular weight is 255 g/mol. The molecular weight excluding hydrogens is 236 g/mol. The van der Waals surface area contributed by atoms with Crippen LogP contribution in [0, 0.1) is 5.92 Å². The highest BCUT2D eigenvalue weighted by Gasteiger charge is 2.16. The molecule has 1 aliphatic rings. The SMILES string of the molecule is FC(F)Oc1ccc(CNCCC2CCC2)cc1. The summed E-state index contributed by atoms with van der Waals surface area (Å²) in [5.74, 6) is 1.13. The van der Waals surface area contributed by atoms with E-state index >= 15 is 0 Å². The van der Waals surface area contributed by atoms with E-state index in [-0.39, 0.29) is 5.75 Å². The van der Waals surface area contributed by atoms with Crippen LogP contribution in [0.5, 0.6) is 5.75 Å². The summed E-state index contributed by atoms with van der Waals surface area (Å²) >= 11 is 0. The molecule has 18 heavy (non-hydrogen) atoms. The first kappa shape index (κ1) is 13.3. The van der Waals surface area contributed by atoms with Crippen LogP contribution in [0.15, 0.2) is 24.3 Å². The number of benzene rings is 1. The topological polar surface area (TPSA) is 21.3 Å². The van der Waals surface area contributed by atoms with E-state index in [1.165, 1.54) is 25.7 Å². The van der Waals surface area contributed by atoms with Gasteiger partial charge < -0.3 is 10.1 Å². The molecule has 1 aliphatic carbocycles. The second-order valence-electron chi connectivity index (χ2n) is 4.78. The summed E-state index contributed by atoms with van der Waals surface area (Å²) in [4.78, 5) is 0. The van der Waals surface area contributed by atoms with Crippen LogP contribution in [0.2, 0.25) is 0 Å². The summed E-state index contributed by atoms with van der Waals surface area (Å²) in [6.07, 6.45) is 5.38. The van der Waals surface area contributed by atoms with Gasteiger partial charge in [-0.3, -0.25) is 0 Å². The van der Waals surface area contributed by atoms with Crippen molar-refractivity contribution in [3.05, 3.63) is 29.8 Å². The fourth-order valence-corrected chi connectivity index (χ4v) is 2.11. The molecule has 0 amide bonds. The molecule has 1 saturated carbocycles. The molecule has 4 heteroatoms. The van der Waals surface area contributed by atoms with E-state index in [1.807, 2.05) is 12.1 Å². The van der Waals surface area contributed by atoms with Crippen molar-refractivity contribution in [1.82, 2.24) is 5.32 Å². The van der Waals surface area contributed by atoms with E-state index in [4.69, 9.17) is 0 Å². The van der Waals surface area contributed by atoms with Crippen molar-refractivity contribution in [2.75, 3.05) is 6.54 Å². The quantitative estimate of drug-likeness (QED) is 0.752. The minimum atomic E-state index is -2.75. The van der Waals surface area contributed by atoms with E-state index in [2.05, 4.69) is 10.1 Å². The highest BCUT2D eigenvalue weighted by molar-refractivity contribution is 5.27. The fourth-order valence-electron chi connectivity index (χ4n) is 2.11. The Kier molecular flexibility index (Phi) is 4.93. The van der Waals surface area contributed by atoms with Gasteiger partial charge in [0.25, 0.3) is 0 Å².